The van der Waals surface area contributed by atoms with Gasteiger partial charge in [0.25, 0.3) is 0 Å². The van der Waals surface area contributed by atoms with Crippen LogP contribution in [0.2, 0.25) is 0 Å². The molecule has 2 rings (SSSR count). The van der Waals surface area contributed by atoms with Crippen LogP contribution in [0.4, 0.5) is 0 Å². The SMILES string of the molecule is CCC(C)C(N)C(=O)NC(CS)C(=O)NC(Cc1cnc[nH]1)C(=O)N1CCCC1C(=O)O. The number of hydrogen-bond acceptors (Lipinski definition) is 7. The Bertz CT molecular complexity index is 804. The fraction of sp³-hybridized carbons (Fsp3) is 0.650. The molecular weight excluding hydrogens is 436 g/mol. The Hall–Kier alpha value is -2.60. The molecule has 1 aromatic heterocycles. The highest BCUT2D eigenvalue weighted by atomic mass is 32.1. The maximum absolute atomic E-state index is 13.2. The summed E-state index contributed by atoms with van der Waals surface area (Å²) in [6, 6.07) is -3.76. The Morgan fingerprint density at radius 3 is 2.56 bits per heavy atom. The molecule has 1 fully saturated rings. The third-order valence-corrected chi connectivity index (χ3v) is 6.15. The number of carbonyl (C=O) groups is 4. The molecule has 1 aliphatic rings. The fourth-order valence-corrected chi connectivity index (χ4v) is 3.81. The number of thiol groups is 1. The summed E-state index contributed by atoms with van der Waals surface area (Å²) in [4.78, 5) is 58.1. The van der Waals surface area contributed by atoms with E-state index in [4.69, 9.17) is 5.73 Å². The van der Waals surface area contributed by atoms with Crippen LogP contribution >= 0.6 is 12.6 Å². The first kappa shape index (κ1) is 25.7. The number of nitrogens with zero attached hydrogens (tertiary/aromatic N) is 2. The molecule has 5 atom stereocenters. The highest BCUT2D eigenvalue weighted by Gasteiger charge is 2.38. The quantitative estimate of drug-likeness (QED) is 0.233. The molecule has 12 heteroatoms. The number of carbonyl (C=O) groups excluding carboxylic acids is 3. The predicted molar refractivity (Wildman–Crippen MR) is 120 cm³/mol. The van der Waals surface area contributed by atoms with Gasteiger partial charge in [-0.2, -0.15) is 12.6 Å². The van der Waals surface area contributed by atoms with Gasteiger partial charge in [-0.25, -0.2) is 9.78 Å². The molecule has 5 unspecified atom stereocenters. The lowest BCUT2D eigenvalue weighted by atomic mass is 9.99. The Labute approximate surface area is 192 Å². The maximum atomic E-state index is 13.2. The second-order valence-electron chi connectivity index (χ2n) is 8.03. The average molecular weight is 469 g/mol. The van der Waals surface area contributed by atoms with Gasteiger partial charge < -0.3 is 31.4 Å². The van der Waals surface area contributed by atoms with Crippen molar-refractivity contribution < 1.29 is 24.3 Å². The van der Waals surface area contributed by atoms with Crippen molar-refractivity contribution >= 4 is 36.3 Å². The van der Waals surface area contributed by atoms with Crippen LogP contribution in [0.3, 0.4) is 0 Å². The summed E-state index contributed by atoms with van der Waals surface area (Å²) < 4.78 is 0. The normalized spacial score (nSPS) is 19.6. The van der Waals surface area contributed by atoms with Crippen molar-refractivity contribution in [3.05, 3.63) is 18.2 Å². The first-order chi connectivity index (χ1) is 15.2. The number of aromatic nitrogens is 2. The first-order valence-corrected chi connectivity index (χ1v) is 11.3. The number of imidazole rings is 1. The third kappa shape index (κ3) is 6.45. The molecule has 0 aliphatic carbocycles. The molecule has 3 amide bonds. The summed E-state index contributed by atoms with van der Waals surface area (Å²) >= 11 is 4.16. The topological polar surface area (TPSA) is 171 Å². The van der Waals surface area contributed by atoms with Crippen molar-refractivity contribution in [1.29, 1.82) is 0 Å². The molecule has 0 aromatic carbocycles. The van der Waals surface area contributed by atoms with Crippen LogP contribution in [0.25, 0.3) is 0 Å². The molecule has 0 radical (unpaired) electrons. The number of likely N-dealkylation sites (tertiary alicyclic amines) is 1. The fourth-order valence-electron chi connectivity index (χ4n) is 3.55. The second-order valence-corrected chi connectivity index (χ2v) is 8.39. The molecule has 11 nitrogen and oxygen atoms in total. The van der Waals surface area contributed by atoms with E-state index in [2.05, 4.69) is 33.2 Å². The van der Waals surface area contributed by atoms with Gasteiger partial charge >= 0.3 is 5.97 Å². The monoisotopic (exact) mass is 468 g/mol. The highest BCUT2D eigenvalue weighted by Crippen LogP contribution is 2.19. The maximum Gasteiger partial charge on any atom is 0.326 e. The molecule has 6 N–H and O–H groups in total. The minimum absolute atomic E-state index is 0.00275. The van der Waals surface area contributed by atoms with E-state index in [1.54, 1.807) is 0 Å². The number of nitrogens with two attached hydrogens (primary N) is 1. The predicted octanol–water partition coefficient (Wildman–Crippen LogP) is -0.699. The van der Waals surface area contributed by atoms with Crippen molar-refractivity contribution in [2.24, 2.45) is 11.7 Å². The first-order valence-electron chi connectivity index (χ1n) is 10.7. The van der Waals surface area contributed by atoms with E-state index < -0.39 is 47.9 Å². The van der Waals surface area contributed by atoms with Crippen molar-refractivity contribution in [2.45, 2.75) is 63.7 Å². The van der Waals surface area contributed by atoms with Crippen LogP contribution in [0.1, 0.15) is 38.8 Å². The Balaban J connectivity index is 2.15. The van der Waals surface area contributed by atoms with Gasteiger partial charge in [0.1, 0.15) is 18.1 Å². The van der Waals surface area contributed by atoms with E-state index in [-0.39, 0.29) is 18.1 Å². The lowest BCUT2D eigenvalue weighted by Crippen LogP contribution is -2.58. The molecule has 1 aromatic rings. The van der Waals surface area contributed by atoms with E-state index in [1.807, 2.05) is 13.8 Å². The number of H-pyrrole nitrogens is 1. The Morgan fingerprint density at radius 1 is 1.31 bits per heavy atom. The molecule has 0 spiro atoms. The minimum Gasteiger partial charge on any atom is -0.480 e. The van der Waals surface area contributed by atoms with Gasteiger partial charge in [0.15, 0.2) is 0 Å². The summed E-state index contributed by atoms with van der Waals surface area (Å²) in [6.07, 6.45) is 4.68. The number of hydrogen-bond donors (Lipinski definition) is 6. The van der Waals surface area contributed by atoms with Crippen LogP contribution in [-0.2, 0) is 25.6 Å². The number of carboxylic acid groups (broad SMARTS) is 1. The number of nitrogens with one attached hydrogen (secondary N) is 3. The molecule has 178 valence electrons. The van der Waals surface area contributed by atoms with E-state index in [0.717, 1.165) is 0 Å². The van der Waals surface area contributed by atoms with Crippen molar-refractivity contribution in [2.75, 3.05) is 12.3 Å². The van der Waals surface area contributed by atoms with E-state index in [9.17, 15) is 24.3 Å². The van der Waals surface area contributed by atoms with Gasteiger partial charge in [0.2, 0.25) is 17.7 Å². The van der Waals surface area contributed by atoms with Crippen LogP contribution in [-0.4, -0.2) is 80.1 Å². The zero-order valence-electron chi connectivity index (χ0n) is 18.3. The molecule has 0 saturated carbocycles. The van der Waals surface area contributed by atoms with Gasteiger partial charge in [-0.05, 0) is 18.8 Å². The average Bonchev–Trinajstić information content (AvgIpc) is 3.47. The standard InChI is InChI=1S/C20H32N6O5S/c1-3-11(2)16(21)18(28)25-14(9-32)17(27)24-13(7-12-8-22-10-23-12)19(29)26-6-4-5-15(26)20(30)31/h8,10-11,13-16,32H,3-7,9,21H2,1-2H3,(H,22,23)(H,24,27)(H,25,28)(H,30,31). The van der Waals surface area contributed by atoms with Crippen LogP contribution in [0.5, 0.6) is 0 Å². The van der Waals surface area contributed by atoms with E-state index in [1.165, 1.54) is 17.4 Å². The molecule has 32 heavy (non-hydrogen) atoms. The molecule has 1 aliphatic heterocycles. The summed E-state index contributed by atoms with van der Waals surface area (Å²) in [5.74, 6) is -2.74. The van der Waals surface area contributed by atoms with Crippen LogP contribution in [0.15, 0.2) is 12.5 Å². The summed E-state index contributed by atoms with van der Waals surface area (Å²) in [5, 5.41) is 14.7. The molecule has 2 heterocycles. The summed E-state index contributed by atoms with van der Waals surface area (Å²) in [6.45, 7) is 4.05. The van der Waals surface area contributed by atoms with Crippen molar-refractivity contribution in [3.8, 4) is 0 Å². The van der Waals surface area contributed by atoms with E-state index >= 15 is 0 Å². The van der Waals surface area contributed by atoms with Gasteiger partial charge in [-0.3, -0.25) is 14.4 Å². The Kier molecular flexibility index (Phi) is 9.51. The lowest BCUT2D eigenvalue weighted by Gasteiger charge is -2.28. The van der Waals surface area contributed by atoms with Crippen LogP contribution < -0.4 is 16.4 Å². The number of amides is 3. The van der Waals surface area contributed by atoms with Gasteiger partial charge in [-0.1, -0.05) is 20.3 Å². The molecule has 0 bridgehead atoms. The third-order valence-electron chi connectivity index (χ3n) is 5.79. The highest BCUT2D eigenvalue weighted by molar-refractivity contribution is 7.80. The minimum atomic E-state index is -1.08. The van der Waals surface area contributed by atoms with Crippen molar-refractivity contribution in [1.82, 2.24) is 25.5 Å². The Morgan fingerprint density at radius 2 is 2.00 bits per heavy atom. The zero-order chi connectivity index (χ0) is 23.8. The summed E-state index contributed by atoms with van der Waals surface area (Å²) in [7, 11) is 0. The largest absolute Gasteiger partial charge is 0.480 e. The van der Waals surface area contributed by atoms with Gasteiger partial charge in [-0.15, -0.1) is 0 Å². The second kappa shape index (κ2) is 11.9. The molecular formula is C20H32N6O5S. The zero-order valence-corrected chi connectivity index (χ0v) is 19.2. The number of aliphatic carboxylic acids is 1. The van der Waals surface area contributed by atoms with E-state index in [0.29, 0.717) is 31.5 Å². The van der Waals surface area contributed by atoms with Gasteiger partial charge in [0.05, 0.1) is 12.4 Å². The summed E-state index contributed by atoms with van der Waals surface area (Å²) in [5.41, 5.74) is 6.54. The van der Waals surface area contributed by atoms with Gasteiger partial charge in [0, 0.05) is 30.6 Å². The number of aromatic amines is 1. The molecule has 1 saturated heterocycles. The number of carboxylic acids is 1. The number of rotatable bonds is 11. The van der Waals surface area contributed by atoms with Crippen LogP contribution in [0, 0.1) is 5.92 Å². The van der Waals surface area contributed by atoms with Crippen molar-refractivity contribution in [3.63, 3.8) is 0 Å². The smallest absolute Gasteiger partial charge is 0.326 e. The lowest BCUT2D eigenvalue weighted by molar-refractivity contribution is -0.149.